The standard InChI is InChI=1S/C13H24N2O3S/c1-3-10-4-6-14-11(8-10)12(16)15-13(2)5-7-19(17,18)9-13/h10-11,14H,3-9H2,1-2H3,(H,15,16). The Morgan fingerprint density at radius 3 is 2.79 bits per heavy atom. The minimum Gasteiger partial charge on any atom is -0.349 e. The molecule has 6 heteroatoms. The number of nitrogens with one attached hydrogen (secondary N) is 2. The lowest BCUT2D eigenvalue weighted by atomic mass is 9.89. The van der Waals surface area contributed by atoms with Gasteiger partial charge in [0.2, 0.25) is 5.91 Å². The number of hydrogen-bond donors (Lipinski definition) is 2. The summed E-state index contributed by atoms with van der Waals surface area (Å²) in [5.41, 5.74) is -0.587. The quantitative estimate of drug-likeness (QED) is 0.791. The number of hydrogen-bond acceptors (Lipinski definition) is 4. The van der Waals surface area contributed by atoms with Crippen LogP contribution in [-0.4, -0.2) is 44.0 Å². The summed E-state index contributed by atoms with van der Waals surface area (Å²) >= 11 is 0. The molecule has 2 saturated heterocycles. The molecule has 2 aliphatic rings. The van der Waals surface area contributed by atoms with Crippen molar-refractivity contribution in [3.8, 4) is 0 Å². The summed E-state index contributed by atoms with van der Waals surface area (Å²) in [6.07, 6.45) is 3.58. The van der Waals surface area contributed by atoms with Gasteiger partial charge in [-0.3, -0.25) is 4.79 Å². The van der Waals surface area contributed by atoms with Gasteiger partial charge >= 0.3 is 0 Å². The first kappa shape index (κ1) is 14.8. The first-order valence-electron chi connectivity index (χ1n) is 7.09. The van der Waals surface area contributed by atoms with Crippen molar-refractivity contribution < 1.29 is 13.2 Å². The van der Waals surface area contributed by atoms with Crippen LogP contribution in [0.2, 0.25) is 0 Å². The Morgan fingerprint density at radius 1 is 1.47 bits per heavy atom. The van der Waals surface area contributed by atoms with Gasteiger partial charge in [0.15, 0.2) is 9.84 Å². The van der Waals surface area contributed by atoms with Crippen LogP contribution in [-0.2, 0) is 14.6 Å². The van der Waals surface area contributed by atoms with Crippen molar-refractivity contribution in [3.63, 3.8) is 0 Å². The zero-order valence-electron chi connectivity index (χ0n) is 11.7. The maximum Gasteiger partial charge on any atom is 0.237 e. The molecule has 2 heterocycles. The van der Waals surface area contributed by atoms with Crippen LogP contribution in [0, 0.1) is 5.92 Å². The lowest BCUT2D eigenvalue weighted by Crippen LogP contribution is -2.55. The average molecular weight is 288 g/mol. The Bertz CT molecular complexity index is 449. The summed E-state index contributed by atoms with van der Waals surface area (Å²) in [6, 6.07) is -0.168. The van der Waals surface area contributed by atoms with E-state index in [1.54, 1.807) is 0 Å². The third-order valence-electron chi connectivity index (χ3n) is 4.33. The van der Waals surface area contributed by atoms with E-state index in [-0.39, 0.29) is 23.5 Å². The summed E-state index contributed by atoms with van der Waals surface area (Å²) in [5, 5.41) is 6.18. The summed E-state index contributed by atoms with van der Waals surface area (Å²) in [7, 11) is -2.98. The van der Waals surface area contributed by atoms with Crippen molar-refractivity contribution in [2.24, 2.45) is 5.92 Å². The molecule has 2 fully saturated rings. The van der Waals surface area contributed by atoms with Gasteiger partial charge in [0.1, 0.15) is 0 Å². The Labute approximate surface area is 115 Å². The number of piperidine rings is 1. The Balaban J connectivity index is 1.94. The monoisotopic (exact) mass is 288 g/mol. The summed E-state index contributed by atoms with van der Waals surface area (Å²) in [6.45, 7) is 4.84. The van der Waals surface area contributed by atoms with Crippen molar-refractivity contribution in [1.29, 1.82) is 0 Å². The van der Waals surface area contributed by atoms with E-state index in [1.807, 2.05) is 6.92 Å². The highest BCUT2D eigenvalue weighted by atomic mass is 32.2. The molecule has 0 bridgehead atoms. The molecule has 3 atom stereocenters. The molecular weight excluding hydrogens is 264 g/mol. The molecule has 0 spiro atoms. The molecule has 5 nitrogen and oxygen atoms in total. The SMILES string of the molecule is CCC1CCNC(C(=O)NC2(C)CCS(=O)(=O)C2)C1. The van der Waals surface area contributed by atoms with Crippen molar-refractivity contribution in [1.82, 2.24) is 10.6 Å². The van der Waals surface area contributed by atoms with E-state index in [1.165, 1.54) is 0 Å². The summed E-state index contributed by atoms with van der Waals surface area (Å²) in [5.74, 6) is 0.796. The van der Waals surface area contributed by atoms with Crippen molar-refractivity contribution in [2.45, 2.75) is 51.1 Å². The van der Waals surface area contributed by atoms with Gasteiger partial charge in [0.05, 0.1) is 23.1 Å². The first-order valence-corrected chi connectivity index (χ1v) is 8.91. The van der Waals surface area contributed by atoms with Gasteiger partial charge < -0.3 is 10.6 Å². The van der Waals surface area contributed by atoms with Gasteiger partial charge in [-0.15, -0.1) is 0 Å². The highest BCUT2D eigenvalue weighted by molar-refractivity contribution is 7.91. The second-order valence-electron chi connectivity index (χ2n) is 6.20. The van der Waals surface area contributed by atoms with Crippen molar-refractivity contribution in [2.75, 3.05) is 18.1 Å². The van der Waals surface area contributed by atoms with Crippen LogP contribution in [0.4, 0.5) is 0 Å². The fourth-order valence-electron chi connectivity index (χ4n) is 3.06. The van der Waals surface area contributed by atoms with Gasteiger partial charge in [-0.05, 0) is 38.6 Å². The van der Waals surface area contributed by atoms with Crippen molar-refractivity contribution >= 4 is 15.7 Å². The minimum absolute atomic E-state index is 0.0437. The molecule has 0 aliphatic carbocycles. The smallest absolute Gasteiger partial charge is 0.237 e. The van der Waals surface area contributed by atoms with Gasteiger partial charge in [-0.2, -0.15) is 0 Å². The molecule has 3 unspecified atom stereocenters. The van der Waals surface area contributed by atoms with Crippen LogP contribution in [0.15, 0.2) is 0 Å². The number of rotatable bonds is 3. The van der Waals surface area contributed by atoms with Crippen LogP contribution < -0.4 is 10.6 Å². The molecule has 0 aromatic rings. The summed E-state index contributed by atoms with van der Waals surface area (Å²) < 4.78 is 23.1. The van der Waals surface area contributed by atoms with E-state index in [4.69, 9.17) is 0 Å². The van der Waals surface area contributed by atoms with Gasteiger partial charge in [0, 0.05) is 0 Å². The van der Waals surface area contributed by atoms with E-state index < -0.39 is 15.4 Å². The lowest BCUT2D eigenvalue weighted by Gasteiger charge is -2.32. The molecule has 2 aliphatic heterocycles. The molecule has 1 amide bonds. The largest absolute Gasteiger partial charge is 0.349 e. The first-order chi connectivity index (χ1) is 8.84. The van der Waals surface area contributed by atoms with Crippen LogP contribution in [0.5, 0.6) is 0 Å². The second kappa shape index (κ2) is 5.40. The molecule has 0 saturated carbocycles. The lowest BCUT2D eigenvalue weighted by molar-refractivity contribution is -0.125. The zero-order valence-corrected chi connectivity index (χ0v) is 12.6. The summed E-state index contributed by atoms with van der Waals surface area (Å²) in [4.78, 5) is 12.3. The number of amides is 1. The number of carbonyl (C=O) groups is 1. The molecule has 2 rings (SSSR count). The fraction of sp³-hybridized carbons (Fsp3) is 0.923. The minimum atomic E-state index is -2.98. The molecule has 0 aromatic carbocycles. The van der Waals surface area contributed by atoms with Crippen LogP contribution >= 0.6 is 0 Å². The molecule has 0 aromatic heterocycles. The predicted molar refractivity (Wildman–Crippen MR) is 74.6 cm³/mol. The maximum absolute atomic E-state index is 12.3. The number of carbonyl (C=O) groups excluding carboxylic acids is 1. The third kappa shape index (κ3) is 3.69. The van der Waals surface area contributed by atoms with Crippen LogP contribution in [0.25, 0.3) is 0 Å². The topological polar surface area (TPSA) is 75.3 Å². The predicted octanol–water partition coefficient (Wildman–Crippen LogP) is 0.458. The molecular formula is C13H24N2O3S. The van der Waals surface area contributed by atoms with E-state index in [9.17, 15) is 13.2 Å². The fourth-order valence-corrected chi connectivity index (χ4v) is 5.15. The van der Waals surface area contributed by atoms with E-state index >= 15 is 0 Å². The Hall–Kier alpha value is -0.620. The van der Waals surface area contributed by atoms with Gasteiger partial charge in [-0.1, -0.05) is 13.3 Å². The Morgan fingerprint density at radius 2 is 2.21 bits per heavy atom. The molecule has 0 radical (unpaired) electrons. The third-order valence-corrected chi connectivity index (χ3v) is 6.24. The number of sulfone groups is 1. The Kier molecular flexibility index (Phi) is 4.20. The van der Waals surface area contributed by atoms with Gasteiger partial charge in [0.25, 0.3) is 0 Å². The van der Waals surface area contributed by atoms with E-state index in [2.05, 4.69) is 17.6 Å². The van der Waals surface area contributed by atoms with Gasteiger partial charge in [-0.25, -0.2) is 8.42 Å². The zero-order chi connectivity index (χ0) is 14.1. The average Bonchev–Trinajstić information content (AvgIpc) is 2.63. The van der Waals surface area contributed by atoms with Crippen molar-refractivity contribution in [3.05, 3.63) is 0 Å². The second-order valence-corrected chi connectivity index (χ2v) is 8.38. The molecule has 110 valence electrons. The van der Waals surface area contributed by atoms with Crippen LogP contribution in [0.3, 0.4) is 0 Å². The normalized spacial score (nSPS) is 38.0. The van der Waals surface area contributed by atoms with Crippen LogP contribution in [0.1, 0.15) is 39.5 Å². The van der Waals surface area contributed by atoms with E-state index in [0.717, 1.165) is 25.8 Å². The highest BCUT2D eigenvalue weighted by Gasteiger charge is 2.40. The highest BCUT2D eigenvalue weighted by Crippen LogP contribution is 2.24. The van der Waals surface area contributed by atoms with E-state index in [0.29, 0.717) is 12.3 Å². The maximum atomic E-state index is 12.3. The molecule has 2 N–H and O–H groups in total. The molecule has 19 heavy (non-hydrogen) atoms.